The first-order valence-corrected chi connectivity index (χ1v) is 4.96. The first-order valence-electron chi connectivity index (χ1n) is 4.96. The van der Waals surface area contributed by atoms with Crippen molar-refractivity contribution in [1.82, 2.24) is 15.5 Å². The van der Waals surface area contributed by atoms with Gasteiger partial charge >= 0.3 is 6.03 Å². The molecule has 0 aromatic rings. The largest absolute Gasteiger partial charge is 0.341 e. The third kappa shape index (κ3) is 1.48. The number of fused-ring (bicyclic) bond motifs is 2. The molecule has 0 saturated carbocycles. The van der Waals surface area contributed by atoms with Crippen molar-refractivity contribution in [3.8, 4) is 0 Å². The summed E-state index contributed by atoms with van der Waals surface area (Å²) in [5.74, 6) is 0.399. The van der Waals surface area contributed by atoms with Crippen molar-refractivity contribution in [2.45, 2.75) is 6.42 Å². The monoisotopic (exact) mass is 197 g/mol. The number of nitrogens with zero attached hydrogens (tertiary/aromatic N) is 1. The highest BCUT2D eigenvalue weighted by Crippen LogP contribution is 2.25. The van der Waals surface area contributed by atoms with Crippen LogP contribution in [0.3, 0.4) is 0 Å². The number of piperidine rings is 2. The zero-order chi connectivity index (χ0) is 10.1. The molecule has 0 spiro atoms. The van der Waals surface area contributed by atoms with Crippen molar-refractivity contribution in [3.05, 3.63) is 0 Å². The fourth-order valence-corrected chi connectivity index (χ4v) is 2.24. The van der Waals surface area contributed by atoms with E-state index in [2.05, 4.69) is 10.6 Å². The SMILES string of the molecule is CNC(=O)N1CC2CNCC(C2)C1=O. The zero-order valence-electron chi connectivity index (χ0n) is 8.25. The minimum Gasteiger partial charge on any atom is -0.341 e. The van der Waals surface area contributed by atoms with Crippen molar-refractivity contribution in [2.75, 3.05) is 26.7 Å². The quantitative estimate of drug-likeness (QED) is 0.545. The average molecular weight is 197 g/mol. The molecule has 3 amide bonds. The summed E-state index contributed by atoms with van der Waals surface area (Å²) in [6.45, 7) is 2.18. The third-order valence-electron chi connectivity index (χ3n) is 2.96. The first-order chi connectivity index (χ1) is 6.72. The molecule has 2 unspecified atom stereocenters. The van der Waals surface area contributed by atoms with Crippen LogP contribution in [0.2, 0.25) is 0 Å². The van der Waals surface area contributed by atoms with Gasteiger partial charge in [-0.05, 0) is 18.9 Å². The van der Waals surface area contributed by atoms with Crippen LogP contribution in [-0.4, -0.2) is 43.5 Å². The van der Waals surface area contributed by atoms with Gasteiger partial charge in [-0.2, -0.15) is 0 Å². The Labute approximate surface area is 82.8 Å². The maximum atomic E-state index is 11.8. The van der Waals surface area contributed by atoms with E-state index in [4.69, 9.17) is 0 Å². The van der Waals surface area contributed by atoms with Gasteiger partial charge in [0.05, 0.1) is 5.92 Å². The summed E-state index contributed by atoms with van der Waals surface area (Å²) in [5, 5.41) is 5.72. The van der Waals surface area contributed by atoms with Gasteiger partial charge in [-0.15, -0.1) is 0 Å². The Morgan fingerprint density at radius 1 is 1.57 bits per heavy atom. The molecule has 2 bridgehead atoms. The van der Waals surface area contributed by atoms with Crippen LogP contribution in [0.1, 0.15) is 6.42 Å². The summed E-state index contributed by atoms with van der Waals surface area (Å²) in [7, 11) is 1.55. The summed E-state index contributed by atoms with van der Waals surface area (Å²) in [5.41, 5.74) is 0. The normalized spacial score (nSPS) is 31.5. The van der Waals surface area contributed by atoms with E-state index in [1.165, 1.54) is 4.90 Å². The van der Waals surface area contributed by atoms with Crippen LogP contribution in [0.4, 0.5) is 4.79 Å². The molecular formula is C9H15N3O2. The molecule has 14 heavy (non-hydrogen) atoms. The van der Waals surface area contributed by atoms with Gasteiger partial charge in [-0.3, -0.25) is 9.69 Å². The lowest BCUT2D eigenvalue weighted by molar-refractivity contribution is -0.137. The number of imide groups is 1. The Balaban J connectivity index is 2.12. The Kier molecular flexibility index (Phi) is 2.41. The lowest BCUT2D eigenvalue weighted by Gasteiger charge is -2.39. The average Bonchev–Trinajstić information content (AvgIpc) is 2.23. The van der Waals surface area contributed by atoms with Crippen molar-refractivity contribution in [1.29, 1.82) is 0 Å². The van der Waals surface area contributed by atoms with Gasteiger partial charge in [0.2, 0.25) is 5.91 Å². The molecule has 0 aromatic heterocycles. The lowest BCUT2D eigenvalue weighted by Crippen LogP contribution is -2.57. The molecule has 0 aliphatic carbocycles. The third-order valence-corrected chi connectivity index (χ3v) is 2.96. The second-order valence-corrected chi connectivity index (χ2v) is 3.96. The number of rotatable bonds is 0. The highest BCUT2D eigenvalue weighted by atomic mass is 16.2. The molecule has 2 fully saturated rings. The predicted octanol–water partition coefficient (Wildman–Crippen LogP) is -0.606. The van der Waals surface area contributed by atoms with E-state index in [1.54, 1.807) is 7.05 Å². The summed E-state index contributed by atoms with van der Waals surface area (Å²) in [6, 6.07) is -0.272. The highest BCUT2D eigenvalue weighted by Gasteiger charge is 2.39. The summed E-state index contributed by atoms with van der Waals surface area (Å²) in [4.78, 5) is 24.5. The van der Waals surface area contributed by atoms with E-state index >= 15 is 0 Å². The van der Waals surface area contributed by atoms with Crippen LogP contribution >= 0.6 is 0 Å². The van der Waals surface area contributed by atoms with E-state index in [9.17, 15) is 9.59 Å². The molecule has 2 N–H and O–H groups in total. The van der Waals surface area contributed by atoms with Crippen LogP contribution < -0.4 is 10.6 Å². The Bertz CT molecular complexity index is 267. The van der Waals surface area contributed by atoms with Crippen molar-refractivity contribution >= 4 is 11.9 Å². The maximum absolute atomic E-state index is 11.8. The van der Waals surface area contributed by atoms with E-state index < -0.39 is 0 Å². The number of hydrogen-bond donors (Lipinski definition) is 2. The standard InChI is InChI=1S/C9H15N3O2/c1-10-9(14)12-5-6-2-7(8(12)13)4-11-3-6/h6-7,11H,2-5H2,1H3,(H,10,14). The van der Waals surface area contributed by atoms with Crippen molar-refractivity contribution in [3.63, 3.8) is 0 Å². The molecule has 0 radical (unpaired) electrons. The predicted molar refractivity (Wildman–Crippen MR) is 50.6 cm³/mol. The van der Waals surface area contributed by atoms with E-state index in [0.717, 1.165) is 13.0 Å². The smallest absolute Gasteiger partial charge is 0.323 e. The van der Waals surface area contributed by atoms with Crippen LogP contribution in [0.15, 0.2) is 0 Å². The summed E-state index contributed by atoms with van der Waals surface area (Å²) >= 11 is 0. The molecule has 5 nitrogen and oxygen atoms in total. The molecule has 2 aliphatic rings. The molecule has 2 saturated heterocycles. The number of amides is 3. The van der Waals surface area contributed by atoms with Gasteiger partial charge in [0.25, 0.3) is 0 Å². The van der Waals surface area contributed by atoms with Gasteiger partial charge < -0.3 is 10.6 Å². The van der Waals surface area contributed by atoms with Gasteiger partial charge in [-0.25, -0.2) is 4.79 Å². The number of hydrogen-bond acceptors (Lipinski definition) is 3. The fourth-order valence-electron chi connectivity index (χ4n) is 2.24. The number of urea groups is 1. The fraction of sp³-hybridized carbons (Fsp3) is 0.778. The summed E-state index contributed by atoms with van der Waals surface area (Å²) in [6.07, 6.45) is 0.930. The van der Waals surface area contributed by atoms with Crippen molar-refractivity contribution < 1.29 is 9.59 Å². The van der Waals surface area contributed by atoms with E-state index in [-0.39, 0.29) is 17.9 Å². The molecule has 2 atom stereocenters. The van der Waals surface area contributed by atoms with Crippen LogP contribution in [0.25, 0.3) is 0 Å². The lowest BCUT2D eigenvalue weighted by atomic mass is 9.85. The Morgan fingerprint density at radius 3 is 3.07 bits per heavy atom. The molecule has 2 rings (SSSR count). The molecule has 5 heteroatoms. The number of nitrogens with one attached hydrogen (secondary N) is 2. The Morgan fingerprint density at radius 2 is 2.36 bits per heavy atom. The number of carbonyl (C=O) groups excluding carboxylic acids is 2. The number of likely N-dealkylation sites (tertiary alicyclic amines) is 1. The second-order valence-electron chi connectivity index (χ2n) is 3.96. The second kappa shape index (κ2) is 3.57. The number of carbonyl (C=O) groups is 2. The molecule has 0 aromatic carbocycles. The van der Waals surface area contributed by atoms with Crippen LogP contribution in [-0.2, 0) is 4.79 Å². The van der Waals surface area contributed by atoms with E-state index in [0.29, 0.717) is 19.0 Å². The minimum atomic E-state index is -0.272. The maximum Gasteiger partial charge on any atom is 0.323 e. The minimum absolute atomic E-state index is 0.000185. The first kappa shape index (κ1) is 9.45. The van der Waals surface area contributed by atoms with Gasteiger partial charge in [0.15, 0.2) is 0 Å². The molecule has 2 aliphatic heterocycles. The van der Waals surface area contributed by atoms with Gasteiger partial charge in [0.1, 0.15) is 0 Å². The Hall–Kier alpha value is -1.10. The molecule has 2 heterocycles. The van der Waals surface area contributed by atoms with Gasteiger partial charge in [0, 0.05) is 20.1 Å². The van der Waals surface area contributed by atoms with E-state index in [1.807, 2.05) is 0 Å². The van der Waals surface area contributed by atoms with Crippen LogP contribution in [0, 0.1) is 11.8 Å². The van der Waals surface area contributed by atoms with Gasteiger partial charge in [-0.1, -0.05) is 0 Å². The topological polar surface area (TPSA) is 61.4 Å². The van der Waals surface area contributed by atoms with Crippen LogP contribution in [0.5, 0.6) is 0 Å². The van der Waals surface area contributed by atoms with Crippen molar-refractivity contribution in [2.24, 2.45) is 11.8 Å². The zero-order valence-corrected chi connectivity index (χ0v) is 8.25. The highest BCUT2D eigenvalue weighted by molar-refractivity contribution is 5.96. The summed E-state index contributed by atoms with van der Waals surface area (Å²) < 4.78 is 0. The molecule has 78 valence electrons. The molecular weight excluding hydrogens is 182 g/mol.